The van der Waals surface area contributed by atoms with Crippen LogP contribution in [0, 0.1) is 17.0 Å². The predicted molar refractivity (Wildman–Crippen MR) is 144 cm³/mol. The summed E-state index contributed by atoms with van der Waals surface area (Å²) < 4.78 is 67.8. The van der Waals surface area contributed by atoms with E-state index >= 15 is 0 Å². The lowest BCUT2D eigenvalue weighted by Gasteiger charge is -2.41. The van der Waals surface area contributed by atoms with E-state index in [-0.39, 0.29) is 23.8 Å². The molecule has 0 saturated carbocycles. The molecule has 2 aromatic rings. The molecular formula is C27H32ClF5N4O4. The lowest BCUT2D eigenvalue weighted by molar-refractivity contribution is -0.139. The topological polar surface area (TPSA) is 105 Å². The summed E-state index contributed by atoms with van der Waals surface area (Å²) in [5, 5.41) is 23.9. The number of piperazine rings is 1. The Morgan fingerprint density at radius 3 is 2.37 bits per heavy atom. The van der Waals surface area contributed by atoms with Gasteiger partial charge in [-0.05, 0) is 38.1 Å². The smallest absolute Gasteiger partial charge is 0.390 e. The average molecular weight is 607 g/mol. The van der Waals surface area contributed by atoms with Crippen molar-refractivity contribution < 1.29 is 41.8 Å². The monoisotopic (exact) mass is 606 g/mol. The van der Waals surface area contributed by atoms with E-state index in [9.17, 15) is 41.8 Å². The zero-order chi connectivity index (χ0) is 30.5. The molecule has 0 radical (unpaired) electrons. The molecule has 1 aliphatic heterocycles. The summed E-state index contributed by atoms with van der Waals surface area (Å²) in [6, 6.07) is 6.52. The highest BCUT2D eigenvalue weighted by Crippen LogP contribution is 2.32. The first-order valence-corrected chi connectivity index (χ1v) is 13.2. The number of hydrogen-bond donors (Lipinski definition) is 4. The molecule has 226 valence electrons. The number of carbonyl (C=O) groups excluding carboxylic acids is 2. The fourth-order valence-electron chi connectivity index (χ4n) is 4.36. The average Bonchev–Trinajstić information content (AvgIpc) is 2.92. The number of anilines is 2. The molecule has 2 aromatic carbocycles. The van der Waals surface area contributed by atoms with Gasteiger partial charge in [-0.1, -0.05) is 17.7 Å². The molecule has 0 aliphatic carbocycles. The lowest BCUT2D eigenvalue weighted by Crippen LogP contribution is -2.52. The maximum Gasteiger partial charge on any atom is 0.390 e. The van der Waals surface area contributed by atoms with Crippen molar-refractivity contribution in [1.29, 1.82) is 0 Å². The molecule has 0 unspecified atom stereocenters. The minimum Gasteiger partial charge on any atom is -0.395 e. The Hall–Kier alpha value is -3.00. The van der Waals surface area contributed by atoms with Crippen LogP contribution in [0.2, 0.25) is 5.02 Å². The van der Waals surface area contributed by atoms with Gasteiger partial charge in [0.25, 0.3) is 5.91 Å². The van der Waals surface area contributed by atoms with Crippen LogP contribution in [0.4, 0.5) is 33.3 Å². The number of hydrogen-bond acceptors (Lipinski definition) is 6. The minimum atomic E-state index is -4.26. The molecule has 1 saturated heterocycles. The standard InChI is InChI=1S/C27H32ClF5N4O4/c1-16-13-37(10-9-36(16)8-7-27(31,32)33)21-11-18(28)4-6-20(21)35-24(40)19-5-3-17(22(29)23(19)30)12-34-25(41)26(2,14-38)15-39/h3-6,11,16,38-39H,7-10,12-15H2,1-2H3,(H,34,41)(H,35,40)/t16-/m1/s1. The Bertz CT molecular complexity index is 1260. The Labute approximate surface area is 239 Å². The zero-order valence-electron chi connectivity index (χ0n) is 22.5. The van der Waals surface area contributed by atoms with E-state index in [1.165, 1.54) is 19.1 Å². The van der Waals surface area contributed by atoms with E-state index in [1.54, 1.807) is 17.9 Å². The highest BCUT2D eigenvalue weighted by Gasteiger charge is 2.33. The van der Waals surface area contributed by atoms with Crippen molar-refractivity contribution in [2.75, 3.05) is 49.6 Å². The molecular weight excluding hydrogens is 575 g/mol. The molecule has 1 aliphatic rings. The second kappa shape index (κ2) is 13.3. The Kier molecular flexibility index (Phi) is 10.6. The van der Waals surface area contributed by atoms with Gasteiger partial charge in [0.2, 0.25) is 5.91 Å². The molecule has 8 nitrogen and oxygen atoms in total. The van der Waals surface area contributed by atoms with Crippen molar-refractivity contribution in [2.45, 2.75) is 39.0 Å². The number of carbonyl (C=O) groups is 2. The van der Waals surface area contributed by atoms with Crippen molar-refractivity contribution >= 4 is 34.8 Å². The maximum atomic E-state index is 14.9. The first kappa shape index (κ1) is 32.5. The van der Waals surface area contributed by atoms with Crippen LogP contribution in [0.15, 0.2) is 30.3 Å². The molecule has 1 heterocycles. The number of halogens is 6. The van der Waals surface area contributed by atoms with Crippen molar-refractivity contribution in [2.24, 2.45) is 5.41 Å². The van der Waals surface area contributed by atoms with Crippen LogP contribution < -0.4 is 15.5 Å². The largest absolute Gasteiger partial charge is 0.395 e. The van der Waals surface area contributed by atoms with Gasteiger partial charge >= 0.3 is 6.18 Å². The molecule has 2 amide bonds. The number of nitrogens with one attached hydrogen (secondary N) is 2. The normalized spacial score (nSPS) is 16.5. The van der Waals surface area contributed by atoms with Crippen LogP contribution in [0.3, 0.4) is 0 Å². The van der Waals surface area contributed by atoms with Gasteiger partial charge in [0.1, 0.15) is 0 Å². The van der Waals surface area contributed by atoms with Crippen LogP contribution in [0.5, 0.6) is 0 Å². The van der Waals surface area contributed by atoms with Gasteiger partial charge in [-0.2, -0.15) is 13.2 Å². The number of aliphatic hydroxyl groups excluding tert-OH is 2. The number of rotatable bonds is 10. The van der Waals surface area contributed by atoms with Gasteiger partial charge in [0.15, 0.2) is 11.6 Å². The lowest BCUT2D eigenvalue weighted by atomic mass is 9.92. The Balaban J connectivity index is 1.73. The highest BCUT2D eigenvalue weighted by molar-refractivity contribution is 6.31. The molecule has 0 aromatic heterocycles. The first-order valence-electron chi connectivity index (χ1n) is 12.8. The number of amides is 2. The molecule has 1 fully saturated rings. The third-order valence-electron chi connectivity index (χ3n) is 7.09. The van der Waals surface area contributed by atoms with Crippen LogP contribution in [0.1, 0.15) is 36.2 Å². The second-order valence-electron chi connectivity index (χ2n) is 10.3. The summed E-state index contributed by atoms with van der Waals surface area (Å²) in [6.45, 7) is 2.21. The first-order chi connectivity index (χ1) is 19.2. The van der Waals surface area contributed by atoms with Crippen LogP contribution >= 0.6 is 11.6 Å². The maximum absolute atomic E-state index is 14.9. The third kappa shape index (κ3) is 8.06. The quantitative estimate of drug-likeness (QED) is 0.306. The van der Waals surface area contributed by atoms with E-state index in [1.807, 2.05) is 4.90 Å². The Morgan fingerprint density at radius 2 is 1.76 bits per heavy atom. The van der Waals surface area contributed by atoms with Crippen LogP contribution in [-0.2, 0) is 11.3 Å². The molecule has 4 N–H and O–H groups in total. The van der Waals surface area contributed by atoms with Gasteiger partial charge in [0.05, 0.1) is 42.0 Å². The van der Waals surface area contributed by atoms with Gasteiger partial charge in [-0.3, -0.25) is 14.5 Å². The third-order valence-corrected chi connectivity index (χ3v) is 7.32. The van der Waals surface area contributed by atoms with E-state index in [0.29, 0.717) is 30.3 Å². The number of nitrogens with zero attached hydrogens (tertiary/aromatic N) is 2. The second-order valence-corrected chi connectivity index (χ2v) is 10.7. The molecule has 14 heteroatoms. The van der Waals surface area contributed by atoms with Crippen molar-refractivity contribution in [3.63, 3.8) is 0 Å². The van der Waals surface area contributed by atoms with Gasteiger partial charge in [-0.25, -0.2) is 8.78 Å². The SMILES string of the molecule is C[C@@H]1CN(c2cc(Cl)ccc2NC(=O)c2ccc(CNC(=O)C(C)(CO)CO)c(F)c2F)CCN1CCC(F)(F)F. The fourth-order valence-corrected chi connectivity index (χ4v) is 4.53. The number of benzene rings is 2. The summed E-state index contributed by atoms with van der Waals surface area (Å²) in [5.41, 5.74) is -1.64. The Morgan fingerprint density at radius 1 is 1.07 bits per heavy atom. The summed E-state index contributed by atoms with van der Waals surface area (Å²) >= 11 is 6.17. The molecule has 1 atom stereocenters. The summed E-state index contributed by atoms with van der Waals surface area (Å²) in [4.78, 5) is 28.8. The van der Waals surface area contributed by atoms with Gasteiger partial charge < -0.3 is 25.7 Å². The van der Waals surface area contributed by atoms with E-state index < -0.39 is 66.8 Å². The van der Waals surface area contributed by atoms with Crippen LogP contribution in [0.25, 0.3) is 0 Å². The minimum absolute atomic E-state index is 0.135. The zero-order valence-corrected chi connectivity index (χ0v) is 23.3. The molecule has 0 spiro atoms. The summed E-state index contributed by atoms with van der Waals surface area (Å²) in [7, 11) is 0. The van der Waals surface area contributed by atoms with Crippen molar-refractivity contribution in [1.82, 2.24) is 10.2 Å². The van der Waals surface area contributed by atoms with E-state index in [4.69, 9.17) is 11.6 Å². The van der Waals surface area contributed by atoms with E-state index in [2.05, 4.69) is 10.6 Å². The van der Waals surface area contributed by atoms with Crippen molar-refractivity contribution in [3.8, 4) is 0 Å². The number of alkyl halides is 3. The van der Waals surface area contributed by atoms with Crippen LogP contribution in [-0.4, -0.2) is 78.5 Å². The van der Waals surface area contributed by atoms with Crippen molar-refractivity contribution in [3.05, 3.63) is 58.1 Å². The van der Waals surface area contributed by atoms with Gasteiger partial charge in [0, 0.05) is 49.4 Å². The molecule has 41 heavy (non-hydrogen) atoms. The predicted octanol–water partition coefficient (Wildman–Crippen LogP) is 3.94. The van der Waals surface area contributed by atoms with E-state index in [0.717, 1.165) is 12.1 Å². The highest BCUT2D eigenvalue weighted by atomic mass is 35.5. The molecule has 0 bridgehead atoms. The number of aliphatic hydroxyl groups is 2. The fraction of sp³-hybridized carbons (Fsp3) is 0.481. The summed E-state index contributed by atoms with van der Waals surface area (Å²) in [6.07, 6.45) is -5.18. The summed E-state index contributed by atoms with van der Waals surface area (Å²) in [5.74, 6) is -4.52. The molecule has 3 rings (SSSR count). The van der Waals surface area contributed by atoms with Gasteiger partial charge in [-0.15, -0.1) is 0 Å².